The molecule has 0 fully saturated rings. The summed E-state index contributed by atoms with van der Waals surface area (Å²) in [5, 5.41) is 12.1. The fourth-order valence-corrected chi connectivity index (χ4v) is 1.11. The summed E-state index contributed by atoms with van der Waals surface area (Å²) in [4.78, 5) is 3.91. The molecule has 1 aromatic heterocycles. The molecule has 1 aromatic rings. The zero-order chi connectivity index (χ0) is 11.0. The molecule has 1 heterocycles. The molecule has 0 bridgehead atoms. The van der Waals surface area contributed by atoms with Gasteiger partial charge in [0.1, 0.15) is 5.15 Å². The third-order valence-corrected chi connectivity index (χ3v) is 1.71. The molecule has 0 unspecified atom stereocenters. The van der Waals surface area contributed by atoms with E-state index in [-0.39, 0.29) is 6.61 Å². The van der Waals surface area contributed by atoms with Gasteiger partial charge in [-0.25, -0.2) is 4.98 Å². The molecule has 3 nitrogen and oxygen atoms in total. The van der Waals surface area contributed by atoms with Gasteiger partial charge in [0.15, 0.2) is 0 Å². The second kappa shape index (κ2) is 7.59. The second-order valence-corrected chi connectivity index (χ2v) is 2.86. The van der Waals surface area contributed by atoms with E-state index in [9.17, 15) is 0 Å². The number of hydrogen-bond donors (Lipinski definition) is 2. The molecule has 80 valence electrons. The standard InChI is InChI=1S/C8H11ClN2O.C2H6/c1-6-4-8(9)11-5-7(6)10-2-3-12;1-2/h4-5,10,12H,2-3H2,1H3;1-2H3. The van der Waals surface area contributed by atoms with Crippen LogP contribution in [-0.2, 0) is 0 Å². The van der Waals surface area contributed by atoms with Crippen LogP contribution in [0.5, 0.6) is 0 Å². The Bertz CT molecular complexity index is 266. The molecule has 0 aromatic carbocycles. The normalized spacial score (nSPS) is 8.93. The van der Waals surface area contributed by atoms with Crippen molar-refractivity contribution in [3.63, 3.8) is 0 Å². The summed E-state index contributed by atoms with van der Waals surface area (Å²) in [6.45, 7) is 6.58. The molecule has 0 saturated heterocycles. The number of rotatable bonds is 3. The summed E-state index contributed by atoms with van der Waals surface area (Å²) in [6.07, 6.45) is 1.66. The Hall–Kier alpha value is -0.800. The van der Waals surface area contributed by atoms with Crippen LogP contribution in [0.4, 0.5) is 5.69 Å². The van der Waals surface area contributed by atoms with Crippen molar-refractivity contribution >= 4 is 17.3 Å². The number of aliphatic hydroxyl groups is 1. The van der Waals surface area contributed by atoms with Crippen LogP contribution in [0.2, 0.25) is 5.15 Å². The van der Waals surface area contributed by atoms with Crippen molar-refractivity contribution in [1.29, 1.82) is 0 Å². The van der Waals surface area contributed by atoms with Gasteiger partial charge in [0.2, 0.25) is 0 Å². The molecule has 0 aliphatic carbocycles. The lowest BCUT2D eigenvalue weighted by Crippen LogP contribution is -2.06. The molecule has 0 amide bonds. The lowest BCUT2D eigenvalue weighted by Gasteiger charge is -2.06. The third-order valence-electron chi connectivity index (χ3n) is 1.50. The van der Waals surface area contributed by atoms with E-state index in [1.807, 2.05) is 20.8 Å². The number of anilines is 1. The van der Waals surface area contributed by atoms with E-state index in [1.54, 1.807) is 12.3 Å². The maximum absolute atomic E-state index is 8.56. The minimum Gasteiger partial charge on any atom is -0.395 e. The van der Waals surface area contributed by atoms with Crippen molar-refractivity contribution in [2.75, 3.05) is 18.5 Å². The highest BCUT2D eigenvalue weighted by atomic mass is 35.5. The number of aromatic nitrogens is 1. The summed E-state index contributed by atoms with van der Waals surface area (Å²) >= 11 is 5.66. The highest BCUT2D eigenvalue weighted by Gasteiger charge is 1.97. The first-order chi connectivity index (χ1) is 6.74. The van der Waals surface area contributed by atoms with E-state index in [4.69, 9.17) is 16.7 Å². The van der Waals surface area contributed by atoms with Gasteiger partial charge in [-0.3, -0.25) is 0 Å². The minimum absolute atomic E-state index is 0.113. The van der Waals surface area contributed by atoms with E-state index in [0.717, 1.165) is 11.3 Å². The molecule has 0 aliphatic heterocycles. The Morgan fingerprint density at radius 1 is 1.50 bits per heavy atom. The Morgan fingerprint density at radius 3 is 2.64 bits per heavy atom. The monoisotopic (exact) mass is 216 g/mol. The van der Waals surface area contributed by atoms with Crippen LogP contribution in [0, 0.1) is 6.92 Å². The molecular weight excluding hydrogens is 200 g/mol. The summed E-state index contributed by atoms with van der Waals surface area (Å²) in [6, 6.07) is 1.78. The molecule has 0 spiro atoms. The van der Waals surface area contributed by atoms with Gasteiger partial charge in [-0.1, -0.05) is 25.4 Å². The summed E-state index contributed by atoms with van der Waals surface area (Å²) in [5.41, 5.74) is 1.94. The largest absolute Gasteiger partial charge is 0.395 e. The van der Waals surface area contributed by atoms with Crippen LogP contribution in [0.3, 0.4) is 0 Å². The van der Waals surface area contributed by atoms with E-state index in [0.29, 0.717) is 11.7 Å². The Labute approximate surface area is 90.1 Å². The van der Waals surface area contributed by atoms with Crippen LogP contribution in [0.15, 0.2) is 12.3 Å². The predicted molar refractivity (Wildman–Crippen MR) is 60.9 cm³/mol. The van der Waals surface area contributed by atoms with E-state index >= 15 is 0 Å². The smallest absolute Gasteiger partial charge is 0.129 e. The molecule has 0 radical (unpaired) electrons. The molecule has 14 heavy (non-hydrogen) atoms. The first kappa shape index (κ1) is 13.2. The number of nitrogens with zero attached hydrogens (tertiary/aromatic N) is 1. The first-order valence-corrected chi connectivity index (χ1v) is 5.08. The Morgan fingerprint density at radius 2 is 2.14 bits per heavy atom. The van der Waals surface area contributed by atoms with Crippen molar-refractivity contribution in [2.45, 2.75) is 20.8 Å². The summed E-state index contributed by atoms with van der Waals surface area (Å²) < 4.78 is 0. The topological polar surface area (TPSA) is 45.2 Å². The molecule has 0 atom stereocenters. The molecule has 0 aliphatic rings. The maximum atomic E-state index is 8.56. The fourth-order valence-electron chi connectivity index (χ4n) is 0.897. The summed E-state index contributed by atoms with van der Waals surface area (Å²) in [7, 11) is 0. The molecular formula is C10H17ClN2O. The van der Waals surface area contributed by atoms with E-state index in [1.165, 1.54) is 0 Å². The van der Waals surface area contributed by atoms with Crippen molar-refractivity contribution in [1.82, 2.24) is 4.98 Å². The van der Waals surface area contributed by atoms with Gasteiger partial charge in [-0.2, -0.15) is 0 Å². The highest BCUT2D eigenvalue weighted by molar-refractivity contribution is 6.29. The molecule has 1 rings (SSSR count). The average Bonchev–Trinajstić information content (AvgIpc) is 2.20. The van der Waals surface area contributed by atoms with Crippen molar-refractivity contribution in [2.24, 2.45) is 0 Å². The van der Waals surface area contributed by atoms with Crippen molar-refractivity contribution in [3.05, 3.63) is 23.0 Å². The highest BCUT2D eigenvalue weighted by Crippen LogP contribution is 2.15. The minimum atomic E-state index is 0.113. The number of halogens is 1. The molecule has 2 N–H and O–H groups in total. The number of nitrogens with one attached hydrogen (secondary N) is 1. The van der Waals surface area contributed by atoms with Crippen molar-refractivity contribution in [3.8, 4) is 0 Å². The van der Waals surface area contributed by atoms with E-state index in [2.05, 4.69) is 10.3 Å². The van der Waals surface area contributed by atoms with Gasteiger partial charge < -0.3 is 10.4 Å². The van der Waals surface area contributed by atoms with Gasteiger partial charge in [0.05, 0.1) is 18.5 Å². The van der Waals surface area contributed by atoms with Crippen LogP contribution in [-0.4, -0.2) is 23.2 Å². The quantitative estimate of drug-likeness (QED) is 0.764. The van der Waals surface area contributed by atoms with E-state index < -0.39 is 0 Å². The first-order valence-electron chi connectivity index (χ1n) is 4.71. The van der Waals surface area contributed by atoms with Gasteiger partial charge in [0, 0.05) is 6.54 Å². The van der Waals surface area contributed by atoms with Crippen LogP contribution >= 0.6 is 11.6 Å². The van der Waals surface area contributed by atoms with Gasteiger partial charge in [0.25, 0.3) is 0 Å². The lowest BCUT2D eigenvalue weighted by atomic mass is 10.2. The number of hydrogen-bond acceptors (Lipinski definition) is 3. The predicted octanol–water partition coefficient (Wildman–Crippen LogP) is 2.47. The van der Waals surface area contributed by atoms with Gasteiger partial charge in [-0.15, -0.1) is 0 Å². The third kappa shape index (κ3) is 4.44. The second-order valence-electron chi connectivity index (χ2n) is 2.47. The average molecular weight is 217 g/mol. The van der Waals surface area contributed by atoms with Gasteiger partial charge in [-0.05, 0) is 18.6 Å². The zero-order valence-electron chi connectivity index (χ0n) is 8.84. The van der Waals surface area contributed by atoms with Gasteiger partial charge >= 0.3 is 0 Å². The maximum Gasteiger partial charge on any atom is 0.129 e. The zero-order valence-corrected chi connectivity index (χ0v) is 9.60. The fraction of sp³-hybridized carbons (Fsp3) is 0.500. The SMILES string of the molecule is CC.Cc1cc(Cl)ncc1NCCO. The number of aryl methyl sites for hydroxylation is 1. The van der Waals surface area contributed by atoms with Crippen LogP contribution in [0.1, 0.15) is 19.4 Å². The van der Waals surface area contributed by atoms with Crippen LogP contribution < -0.4 is 5.32 Å². The summed E-state index contributed by atoms with van der Waals surface area (Å²) in [5.74, 6) is 0. The Kier molecular flexibility index (Phi) is 7.16. The van der Waals surface area contributed by atoms with Crippen molar-refractivity contribution < 1.29 is 5.11 Å². The lowest BCUT2D eigenvalue weighted by molar-refractivity contribution is 0.311. The molecule has 0 saturated carbocycles. The number of pyridine rings is 1. The Balaban J connectivity index is 0.000000791. The van der Waals surface area contributed by atoms with Crippen LogP contribution in [0.25, 0.3) is 0 Å². The number of aliphatic hydroxyl groups excluding tert-OH is 1. The molecule has 4 heteroatoms.